The maximum atomic E-state index is 10.2. The van der Waals surface area contributed by atoms with E-state index in [1.807, 2.05) is 6.07 Å². The van der Waals surface area contributed by atoms with E-state index in [2.05, 4.69) is 10.3 Å². The molecule has 0 aromatic carbocycles. The van der Waals surface area contributed by atoms with Crippen LogP contribution in [0.15, 0.2) is 12.3 Å². The number of methoxy groups -OCH3 is 1. The SMILES string of the molecule is COCCCOc1cc(NC2CC2)ncc1C(C)(C)O. The van der Waals surface area contributed by atoms with Gasteiger partial charge in [-0.2, -0.15) is 0 Å². The third-order valence-corrected chi connectivity index (χ3v) is 3.20. The van der Waals surface area contributed by atoms with Crippen LogP contribution in [-0.2, 0) is 10.3 Å². The van der Waals surface area contributed by atoms with Gasteiger partial charge in [0.25, 0.3) is 0 Å². The lowest BCUT2D eigenvalue weighted by atomic mass is 9.99. The molecule has 0 atom stereocenters. The predicted octanol–water partition coefficient (Wildman–Crippen LogP) is 2.30. The number of pyridine rings is 1. The summed E-state index contributed by atoms with van der Waals surface area (Å²) >= 11 is 0. The van der Waals surface area contributed by atoms with Crippen molar-refractivity contribution in [1.29, 1.82) is 0 Å². The number of nitrogens with one attached hydrogen (secondary N) is 1. The number of nitrogens with zero attached hydrogens (tertiary/aromatic N) is 1. The summed E-state index contributed by atoms with van der Waals surface area (Å²) in [6, 6.07) is 2.41. The first-order valence-corrected chi connectivity index (χ1v) is 7.12. The van der Waals surface area contributed by atoms with Gasteiger partial charge in [-0.25, -0.2) is 4.98 Å². The topological polar surface area (TPSA) is 63.6 Å². The molecular formula is C15H24N2O3. The number of ether oxygens (including phenoxy) is 2. The molecule has 0 radical (unpaired) electrons. The van der Waals surface area contributed by atoms with Crippen molar-refractivity contribution in [1.82, 2.24) is 4.98 Å². The van der Waals surface area contributed by atoms with Crippen molar-refractivity contribution in [2.24, 2.45) is 0 Å². The van der Waals surface area contributed by atoms with Gasteiger partial charge in [0.2, 0.25) is 0 Å². The van der Waals surface area contributed by atoms with Crippen LogP contribution < -0.4 is 10.1 Å². The van der Waals surface area contributed by atoms with Crippen LogP contribution in [0, 0.1) is 0 Å². The van der Waals surface area contributed by atoms with Gasteiger partial charge in [0.1, 0.15) is 11.6 Å². The zero-order valence-electron chi connectivity index (χ0n) is 12.5. The molecule has 2 rings (SSSR count). The van der Waals surface area contributed by atoms with Crippen molar-refractivity contribution >= 4 is 5.82 Å². The second-order valence-corrected chi connectivity index (χ2v) is 5.74. The van der Waals surface area contributed by atoms with Crippen molar-refractivity contribution in [2.45, 2.75) is 44.8 Å². The molecule has 0 saturated heterocycles. The molecule has 0 aliphatic heterocycles. The van der Waals surface area contributed by atoms with Crippen LogP contribution in [0.25, 0.3) is 0 Å². The lowest BCUT2D eigenvalue weighted by molar-refractivity contribution is 0.0738. The minimum Gasteiger partial charge on any atom is -0.493 e. The molecule has 20 heavy (non-hydrogen) atoms. The number of aliphatic hydroxyl groups is 1. The Hall–Kier alpha value is -1.33. The Labute approximate surface area is 120 Å². The fourth-order valence-corrected chi connectivity index (χ4v) is 1.92. The van der Waals surface area contributed by atoms with Crippen LogP contribution in [0.1, 0.15) is 38.7 Å². The summed E-state index contributed by atoms with van der Waals surface area (Å²) in [5.41, 5.74) is -0.266. The fourth-order valence-electron chi connectivity index (χ4n) is 1.92. The highest BCUT2D eigenvalue weighted by atomic mass is 16.5. The number of hydrogen-bond acceptors (Lipinski definition) is 5. The normalized spacial score (nSPS) is 15.2. The molecule has 1 aromatic heterocycles. The average molecular weight is 280 g/mol. The Bertz CT molecular complexity index is 439. The Kier molecular flexibility index (Phi) is 4.83. The first-order valence-electron chi connectivity index (χ1n) is 7.12. The standard InChI is InChI=1S/C15H24N2O3/c1-15(2,18)12-10-16-14(17-11-5-6-11)9-13(12)20-8-4-7-19-3/h9-11,18H,4-8H2,1-3H3,(H,16,17). The predicted molar refractivity (Wildman–Crippen MR) is 78.1 cm³/mol. The van der Waals surface area contributed by atoms with Crippen molar-refractivity contribution in [3.63, 3.8) is 0 Å². The molecule has 0 spiro atoms. The van der Waals surface area contributed by atoms with E-state index in [1.165, 1.54) is 12.8 Å². The van der Waals surface area contributed by atoms with Gasteiger partial charge in [-0.3, -0.25) is 0 Å². The van der Waals surface area contributed by atoms with E-state index >= 15 is 0 Å². The second kappa shape index (κ2) is 6.41. The van der Waals surface area contributed by atoms with E-state index < -0.39 is 5.60 Å². The van der Waals surface area contributed by atoms with Gasteiger partial charge >= 0.3 is 0 Å². The Balaban J connectivity index is 2.09. The molecule has 5 nitrogen and oxygen atoms in total. The number of hydrogen-bond donors (Lipinski definition) is 2. The number of anilines is 1. The largest absolute Gasteiger partial charge is 0.493 e. The molecular weight excluding hydrogens is 256 g/mol. The Morgan fingerprint density at radius 2 is 2.15 bits per heavy atom. The van der Waals surface area contributed by atoms with E-state index in [9.17, 15) is 5.11 Å². The second-order valence-electron chi connectivity index (χ2n) is 5.74. The monoisotopic (exact) mass is 280 g/mol. The van der Waals surface area contributed by atoms with E-state index in [0.29, 0.717) is 30.6 Å². The smallest absolute Gasteiger partial charge is 0.130 e. The van der Waals surface area contributed by atoms with Crippen molar-refractivity contribution in [3.05, 3.63) is 17.8 Å². The zero-order valence-corrected chi connectivity index (χ0v) is 12.5. The summed E-state index contributed by atoms with van der Waals surface area (Å²) in [5.74, 6) is 1.49. The average Bonchev–Trinajstić information content (AvgIpc) is 3.17. The molecule has 5 heteroatoms. The van der Waals surface area contributed by atoms with Gasteiger partial charge in [0.15, 0.2) is 0 Å². The molecule has 1 aliphatic rings. The molecule has 2 N–H and O–H groups in total. The van der Waals surface area contributed by atoms with Gasteiger partial charge in [-0.15, -0.1) is 0 Å². The van der Waals surface area contributed by atoms with Crippen molar-refractivity contribution in [3.8, 4) is 5.75 Å². The molecule has 1 saturated carbocycles. The Morgan fingerprint density at radius 1 is 1.40 bits per heavy atom. The summed E-state index contributed by atoms with van der Waals surface area (Å²) in [7, 11) is 1.67. The van der Waals surface area contributed by atoms with Crippen LogP contribution in [0.5, 0.6) is 5.75 Å². The molecule has 0 amide bonds. The molecule has 0 bridgehead atoms. The zero-order chi connectivity index (χ0) is 14.6. The van der Waals surface area contributed by atoms with Crippen molar-refractivity contribution < 1.29 is 14.6 Å². The summed E-state index contributed by atoms with van der Waals surface area (Å²) in [6.45, 7) is 4.69. The number of rotatable bonds is 8. The third-order valence-electron chi connectivity index (χ3n) is 3.20. The van der Waals surface area contributed by atoms with E-state index in [0.717, 1.165) is 12.2 Å². The summed E-state index contributed by atoms with van der Waals surface area (Å²) in [4.78, 5) is 4.35. The highest BCUT2D eigenvalue weighted by molar-refractivity contribution is 5.48. The van der Waals surface area contributed by atoms with Gasteiger partial charge < -0.3 is 19.9 Å². The third kappa shape index (κ3) is 4.35. The first kappa shape index (κ1) is 15.1. The summed E-state index contributed by atoms with van der Waals surface area (Å²) in [5, 5.41) is 13.5. The molecule has 112 valence electrons. The first-order chi connectivity index (χ1) is 9.50. The fraction of sp³-hybridized carbons (Fsp3) is 0.667. The summed E-state index contributed by atoms with van der Waals surface area (Å²) in [6.07, 6.45) is 4.89. The highest BCUT2D eigenvalue weighted by Gasteiger charge is 2.25. The highest BCUT2D eigenvalue weighted by Crippen LogP contribution is 2.32. The van der Waals surface area contributed by atoms with Crippen LogP contribution in [0.4, 0.5) is 5.82 Å². The van der Waals surface area contributed by atoms with E-state index in [-0.39, 0.29) is 0 Å². The van der Waals surface area contributed by atoms with Gasteiger partial charge in [-0.05, 0) is 26.7 Å². The van der Waals surface area contributed by atoms with E-state index in [1.54, 1.807) is 27.2 Å². The molecule has 1 aliphatic carbocycles. The van der Waals surface area contributed by atoms with Crippen LogP contribution in [0.2, 0.25) is 0 Å². The quantitative estimate of drug-likeness (QED) is 0.715. The van der Waals surface area contributed by atoms with Gasteiger partial charge in [-0.1, -0.05) is 0 Å². The van der Waals surface area contributed by atoms with Gasteiger partial charge in [0.05, 0.1) is 12.2 Å². The van der Waals surface area contributed by atoms with Crippen LogP contribution >= 0.6 is 0 Å². The minimum absolute atomic E-state index is 0.539. The van der Waals surface area contributed by atoms with Crippen LogP contribution in [-0.4, -0.2) is 36.5 Å². The lowest BCUT2D eigenvalue weighted by Crippen LogP contribution is -2.18. The maximum absolute atomic E-state index is 10.2. The lowest BCUT2D eigenvalue weighted by Gasteiger charge is -2.22. The molecule has 1 aromatic rings. The van der Waals surface area contributed by atoms with Gasteiger partial charge in [0, 0.05) is 44.0 Å². The van der Waals surface area contributed by atoms with Crippen LogP contribution in [0.3, 0.4) is 0 Å². The van der Waals surface area contributed by atoms with Crippen molar-refractivity contribution in [2.75, 3.05) is 25.6 Å². The van der Waals surface area contributed by atoms with E-state index in [4.69, 9.17) is 9.47 Å². The Morgan fingerprint density at radius 3 is 2.75 bits per heavy atom. The maximum Gasteiger partial charge on any atom is 0.130 e. The molecule has 1 fully saturated rings. The molecule has 0 unspecified atom stereocenters. The summed E-state index contributed by atoms with van der Waals surface area (Å²) < 4.78 is 10.8. The molecule has 1 heterocycles. The number of aromatic nitrogens is 1. The minimum atomic E-state index is -0.971.